The van der Waals surface area contributed by atoms with Crippen LogP contribution in [0.4, 0.5) is 11.4 Å². The van der Waals surface area contributed by atoms with Gasteiger partial charge in [-0.15, -0.1) is 0 Å². The predicted molar refractivity (Wildman–Crippen MR) is 147 cm³/mol. The summed E-state index contributed by atoms with van der Waals surface area (Å²) in [6.07, 6.45) is 0. The Morgan fingerprint density at radius 3 is 2.47 bits per heavy atom. The van der Waals surface area contributed by atoms with Gasteiger partial charge in [-0.2, -0.15) is 0 Å². The Balaban J connectivity index is 1.65. The molecule has 0 unspecified atom stereocenters. The molecule has 200 valence electrons. The summed E-state index contributed by atoms with van der Waals surface area (Å²) in [5, 5.41) is 10.9. The van der Waals surface area contributed by atoms with Gasteiger partial charge in [-0.25, -0.2) is 4.79 Å². The molecule has 0 saturated carbocycles. The molecular weight excluding hydrogens is 531 g/mol. The topological polar surface area (TPSA) is 88.5 Å². The van der Waals surface area contributed by atoms with Crippen LogP contribution in [0.1, 0.15) is 28.4 Å². The molecule has 3 aromatic carbocycles. The van der Waals surface area contributed by atoms with Crippen LogP contribution >= 0.6 is 23.2 Å². The molecule has 1 heterocycles. The third-order valence-electron chi connectivity index (χ3n) is 6.25. The highest BCUT2D eigenvalue weighted by Gasteiger charge is 2.23. The van der Waals surface area contributed by atoms with Crippen LogP contribution in [-0.2, 0) is 22.7 Å². The van der Waals surface area contributed by atoms with Crippen molar-refractivity contribution < 1.29 is 28.9 Å². The molecule has 1 amide bonds. The van der Waals surface area contributed by atoms with E-state index < -0.39 is 5.97 Å². The van der Waals surface area contributed by atoms with E-state index in [2.05, 4.69) is 0 Å². The number of carboxylic acid groups (broad SMARTS) is 1. The van der Waals surface area contributed by atoms with Gasteiger partial charge in [-0.05, 0) is 36.4 Å². The molecule has 38 heavy (non-hydrogen) atoms. The summed E-state index contributed by atoms with van der Waals surface area (Å²) in [4.78, 5) is 28.4. The molecule has 0 bridgehead atoms. The van der Waals surface area contributed by atoms with Gasteiger partial charge in [0, 0.05) is 46.9 Å². The number of benzene rings is 3. The lowest BCUT2D eigenvalue weighted by molar-refractivity contribution is -0.116. The van der Waals surface area contributed by atoms with Crippen LogP contribution < -0.4 is 19.3 Å². The Labute approximate surface area is 231 Å². The molecule has 8 nitrogen and oxygen atoms in total. The Hall–Kier alpha value is -3.46. The average molecular weight is 559 g/mol. The highest BCUT2D eigenvalue weighted by atomic mass is 35.5. The summed E-state index contributed by atoms with van der Waals surface area (Å²) in [7, 11) is 1.54. The summed E-state index contributed by atoms with van der Waals surface area (Å²) >= 11 is 12.3. The van der Waals surface area contributed by atoms with Crippen LogP contribution in [0.5, 0.6) is 11.5 Å². The van der Waals surface area contributed by atoms with Crippen molar-refractivity contribution in [2.24, 2.45) is 0 Å². The summed E-state index contributed by atoms with van der Waals surface area (Å²) in [5.74, 6) is -0.377. The zero-order chi connectivity index (χ0) is 27.2. The molecule has 10 heteroatoms. The van der Waals surface area contributed by atoms with Gasteiger partial charge in [-0.3, -0.25) is 4.79 Å². The van der Waals surface area contributed by atoms with Gasteiger partial charge in [-0.1, -0.05) is 41.4 Å². The molecule has 1 aliphatic rings. The molecule has 1 fully saturated rings. The first-order valence-electron chi connectivity index (χ1n) is 12.0. The predicted octanol–water partition coefficient (Wildman–Crippen LogP) is 5.67. The minimum atomic E-state index is -1.07. The average Bonchev–Trinajstić information content (AvgIpc) is 2.91. The molecule has 4 rings (SSSR count). The lowest BCUT2D eigenvalue weighted by atomic mass is 10.1. The number of hydrogen-bond acceptors (Lipinski definition) is 6. The van der Waals surface area contributed by atoms with Crippen LogP contribution in [0.3, 0.4) is 0 Å². The van der Waals surface area contributed by atoms with Crippen molar-refractivity contribution in [2.75, 3.05) is 43.2 Å². The lowest BCUT2D eigenvalue weighted by Gasteiger charge is -2.31. The van der Waals surface area contributed by atoms with Crippen molar-refractivity contribution >= 4 is 46.5 Å². The van der Waals surface area contributed by atoms with E-state index in [0.717, 1.165) is 5.56 Å². The second-order valence-electron chi connectivity index (χ2n) is 8.68. The number of amides is 1. The van der Waals surface area contributed by atoms with Crippen molar-refractivity contribution in [3.63, 3.8) is 0 Å². The van der Waals surface area contributed by atoms with Gasteiger partial charge >= 0.3 is 5.97 Å². The fraction of sp³-hybridized carbons (Fsp3) is 0.286. The zero-order valence-electron chi connectivity index (χ0n) is 21.1. The van der Waals surface area contributed by atoms with Crippen LogP contribution in [0, 0.1) is 0 Å². The standard InChI is InChI=1S/C28H28Cl2N2O6/c1-18(33)32(22-8-9-25(23(15-22)28(34)35)31-10-12-37-13-11-31)16-19-4-3-5-26(36-2)27(19)38-17-20-6-7-21(29)14-24(20)30/h3-9,14-15H,10-13,16-17H2,1-2H3,(H,34,35). The quantitative estimate of drug-likeness (QED) is 0.362. The minimum absolute atomic E-state index is 0.121. The minimum Gasteiger partial charge on any atom is -0.493 e. The Kier molecular flexibility index (Phi) is 8.99. The zero-order valence-corrected chi connectivity index (χ0v) is 22.6. The number of methoxy groups -OCH3 is 1. The Morgan fingerprint density at radius 1 is 1.05 bits per heavy atom. The van der Waals surface area contributed by atoms with Crippen molar-refractivity contribution in [3.05, 3.63) is 81.3 Å². The van der Waals surface area contributed by atoms with E-state index in [1.165, 1.54) is 25.0 Å². The van der Waals surface area contributed by atoms with Crippen molar-refractivity contribution in [3.8, 4) is 11.5 Å². The van der Waals surface area contributed by atoms with E-state index in [1.807, 2.05) is 11.0 Å². The number of hydrogen-bond donors (Lipinski definition) is 1. The maximum Gasteiger partial charge on any atom is 0.337 e. The fourth-order valence-electron chi connectivity index (χ4n) is 4.30. The number of anilines is 2. The van der Waals surface area contributed by atoms with Crippen molar-refractivity contribution in [1.29, 1.82) is 0 Å². The number of rotatable bonds is 9. The van der Waals surface area contributed by atoms with E-state index in [0.29, 0.717) is 64.8 Å². The second kappa shape index (κ2) is 12.4. The molecule has 1 saturated heterocycles. The van der Waals surface area contributed by atoms with Gasteiger partial charge in [0.05, 0.1) is 38.1 Å². The highest BCUT2D eigenvalue weighted by Crippen LogP contribution is 2.35. The molecule has 0 atom stereocenters. The van der Waals surface area contributed by atoms with Gasteiger partial charge in [0.1, 0.15) is 6.61 Å². The number of ether oxygens (including phenoxy) is 3. The van der Waals surface area contributed by atoms with Gasteiger partial charge in [0.2, 0.25) is 5.91 Å². The summed E-state index contributed by atoms with van der Waals surface area (Å²) < 4.78 is 17.1. The molecule has 0 spiro atoms. The maximum absolute atomic E-state index is 12.8. The van der Waals surface area contributed by atoms with E-state index in [-0.39, 0.29) is 24.6 Å². The number of halogens is 2. The molecule has 3 aromatic rings. The van der Waals surface area contributed by atoms with E-state index in [9.17, 15) is 14.7 Å². The summed E-state index contributed by atoms with van der Waals surface area (Å²) in [5.41, 5.74) is 2.59. The number of para-hydroxylation sites is 1. The number of carboxylic acids is 1. The fourth-order valence-corrected chi connectivity index (χ4v) is 4.76. The van der Waals surface area contributed by atoms with Gasteiger partial charge < -0.3 is 29.1 Å². The lowest BCUT2D eigenvalue weighted by Crippen LogP contribution is -2.37. The number of aromatic carboxylic acids is 1. The van der Waals surface area contributed by atoms with Crippen LogP contribution in [0.25, 0.3) is 0 Å². The van der Waals surface area contributed by atoms with E-state index >= 15 is 0 Å². The van der Waals surface area contributed by atoms with E-state index in [1.54, 1.807) is 42.5 Å². The molecule has 0 aromatic heterocycles. The first-order valence-corrected chi connectivity index (χ1v) is 12.7. The van der Waals surface area contributed by atoms with Gasteiger partial charge in [0.25, 0.3) is 0 Å². The maximum atomic E-state index is 12.8. The van der Waals surface area contributed by atoms with Gasteiger partial charge in [0.15, 0.2) is 11.5 Å². The monoisotopic (exact) mass is 558 g/mol. The molecular formula is C28H28Cl2N2O6. The molecule has 0 aliphatic carbocycles. The second-order valence-corrected chi connectivity index (χ2v) is 9.53. The first-order chi connectivity index (χ1) is 18.3. The van der Waals surface area contributed by atoms with Crippen molar-refractivity contribution in [2.45, 2.75) is 20.1 Å². The molecule has 0 radical (unpaired) electrons. The number of nitrogens with zero attached hydrogens (tertiary/aromatic N) is 2. The van der Waals surface area contributed by atoms with Crippen LogP contribution in [-0.4, -0.2) is 50.4 Å². The molecule has 1 aliphatic heterocycles. The third kappa shape index (κ3) is 6.32. The number of carbonyl (C=O) groups excluding carboxylic acids is 1. The SMILES string of the molecule is COc1cccc(CN(C(C)=O)c2ccc(N3CCOCC3)c(C(=O)O)c2)c1OCc1ccc(Cl)cc1Cl. The van der Waals surface area contributed by atoms with Crippen LogP contribution in [0.2, 0.25) is 10.0 Å². The Morgan fingerprint density at radius 2 is 1.82 bits per heavy atom. The first kappa shape index (κ1) is 27.6. The van der Waals surface area contributed by atoms with E-state index in [4.69, 9.17) is 37.4 Å². The third-order valence-corrected chi connectivity index (χ3v) is 6.84. The van der Waals surface area contributed by atoms with Crippen LogP contribution in [0.15, 0.2) is 54.6 Å². The molecule has 1 N–H and O–H groups in total. The smallest absolute Gasteiger partial charge is 0.337 e. The van der Waals surface area contributed by atoms with Crippen molar-refractivity contribution in [1.82, 2.24) is 0 Å². The normalized spacial score (nSPS) is 13.2. The summed E-state index contributed by atoms with van der Waals surface area (Å²) in [6.45, 7) is 3.97. The highest BCUT2D eigenvalue weighted by molar-refractivity contribution is 6.35. The Bertz CT molecular complexity index is 1330. The number of morpholine rings is 1. The number of carbonyl (C=O) groups is 2. The summed E-state index contributed by atoms with van der Waals surface area (Å²) in [6, 6.07) is 15.6. The largest absolute Gasteiger partial charge is 0.493 e.